The molecule has 2 heterocycles. The Morgan fingerprint density at radius 3 is 2.90 bits per heavy atom. The van der Waals surface area contributed by atoms with E-state index in [-0.39, 0.29) is 12.3 Å². The highest BCUT2D eigenvalue weighted by molar-refractivity contribution is 5.98. The van der Waals surface area contributed by atoms with Crippen LogP contribution in [0.1, 0.15) is 16.1 Å². The molecule has 0 radical (unpaired) electrons. The van der Waals surface area contributed by atoms with Crippen molar-refractivity contribution in [3.8, 4) is 0 Å². The van der Waals surface area contributed by atoms with Gasteiger partial charge >= 0.3 is 12.0 Å². The first-order valence-electron chi connectivity index (χ1n) is 6.13. The zero-order chi connectivity index (χ0) is 14.1. The van der Waals surface area contributed by atoms with Gasteiger partial charge in [0, 0.05) is 10.9 Å². The number of hydrogen-bond donors (Lipinski definition) is 2. The molecule has 3 N–H and O–H groups in total. The fourth-order valence-electron chi connectivity index (χ4n) is 2.26. The molecule has 20 heavy (non-hydrogen) atoms. The Kier molecular flexibility index (Phi) is 3.03. The Labute approximate surface area is 114 Å². The molecule has 0 atom stereocenters. The van der Waals surface area contributed by atoms with E-state index in [0.29, 0.717) is 24.3 Å². The van der Waals surface area contributed by atoms with E-state index in [1.807, 2.05) is 18.2 Å². The van der Waals surface area contributed by atoms with Crippen LogP contribution in [0.5, 0.6) is 0 Å². The summed E-state index contributed by atoms with van der Waals surface area (Å²) >= 11 is 0. The van der Waals surface area contributed by atoms with Crippen LogP contribution in [0.2, 0.25) is 0 Å². The van der Waals surface area contributed by atoms with E-state index in [9.17, 15) is 9.59 Å². The molecule has 0 aliphatic carbocycles. The Bertz CT molecular complexity index is 679. The van der Waals surface area contributed by atoms with Gasteiger partial charge in [0.25, 0.3) is 0 Å². The van der Waals surface area contributed by atoms with Crippen LogP contribution >= 0.6 is 0 Å². The van der Waals surface area contributed by atoms with Crippen LogP contribution in [0.25, 0.3) is 11.0 Å². The first-order valence-corrected chi connectivity index (χ1v) is 6.13. The molecule has 7 heteroatoms. The summed E-state index contributed by atoms with van der Waals surface area (Å²) in [5, 5.41) is 0.783. The highest BCUT2D eigenvalue weighted by Gasteiger charge is 2.27. The zero-order valence-corrected chi connectivity index (χ0v) is 10.6. The smallest absolute Gasteiger partial charge is 0.410 e. The van der Waals surface area contributed by atoms with Crippen molar-refractivity contribution >= 4 is 23.0 Å². The molecule has 2 aromatic rings. The maximum atomic E-state index is 11.8. The van der Waals surface area contributed by atoms with Gasteiger partial charge in [0.2, 0.25) is 0 Å². The van der Waals surface area contributed by atoms with Crippen molar-refractivity contribution in [1.29, 1.82) is 0 Å². The standard InChI is InChI=1S/C13H13N3O4/c14-15-12(17)11-9(7-16-5-6-19-13(16)18)8-3-1-2-4-10(8)20-11/h1-4H,5-7,14H2,(H,15,17). The Hall–Kier alpha value is -2.54. The first kappa shape index (κ1) is 12.5. The monoisotopic (exact) mass is 275 g/mol. The summed E-state index contributed by atoms with van der Waals surface area (Å²) in [6, 6.07) is 7.24. The quantitative estimate of drug-likeness (QED) is 0.494. The van der Waals surface area contributed by atoms with Gasteiger partial charge in [-0.15, -0.1) is 0 Å². The number of benzene rings is 1. The van der Waals surface area contributed by atoms with E-state index in [1.54, 1.807) is 6.07 Å². The average Bonchev–Trinajstić information content (AvgIpc) is 3.03. The molecule has 1 saturated heterocycles. The summed E-state index contributed by atoms with van der Waals surface area (Å²) in [5.41, 5.74) is 3.26. The average molecular weight is 275 g/mol. The summed E-state index contributed by atoms with van der Waals surface area (Å²) in [4.78, 5) is 24.8. The number of furan rings is 1. The lowest BCUT2D eigenvalue weighted by molar-refractivity contribution is 0.0925. The van der Waals surface area contributed by atoms with Gasteiger partial charge in [0.05, 0.1) is 13.1 Å². The van der Waals surface area contributed by atoms with E-state index in [0.717, 1.165) is 5.39 Å². The summed E-state index contributed by atoms with van der Waals surface area (Å²) in [5.74, 6) is 4.76. The summed E-state index contributed by atoms with van der Waals surface area (Å²) in [6.07, 6.45) is -0.394. The van der Waals surface area contributed by atoms with Gasteiger partial charge in [-0.3, -0.25) is 10.2 Å². The molecule has 0 spiro atoms. The molecule has 1 aromatic heterocycles. The van der Waals surface area contributed by atoms with Gasteiger partial charge in [0.1, 0.15) is 12.2 Å². The minimum absolute atomic E-state index is 0.119. The van der Waals surface area contributed by atoms with E-state index < -0.39 is 12.0 Å². The largest absolute Gasteiger partial charge is 0.450 e. The summed E-state index contributed by atoms with van der Waals surface area (Å²) in [7, 11) is 0. The number of carbonyl (C=O) groups excluding carboxylic acids is 2. The van der Waals surface area contributed by atoms with Gasteiger partial charge in [0.15, 0.2) is 5.76 Å². The van der Waals surface area contributed by atoms with Crippen LogP contribution in [0, 0.1) is 0 Å². The Balaban J connectivity index is 2.06. The van der Waals surface area contributed by atoms with Crippen LogP contribution < -0.4 is 11.3 Å². The van der Waals surface area contributed by atoms with Crippen molar-refractivity contribution in [2.24, 2.45) is 5.84 Å². The molecule has 0 saturated carbocycles. The number of fused-ring (bicyclic) bond motifs is 1. The number of hydrogen-bond acceptors (Lipinski definition) is 5. The molecule has 1 fully saturated rings. The van der Waals surface area contributed by atoms with Gasteiger partial charge in [-0.05, 0) is 6.07 Å². The number of rotatable bonds is 3. The maximum Gasteiger partial charge on any atom is 0.410 e. The van der Waals surface area contributed by atoms with Crippen LogP contribution in [-0.2, 0) is 11.3 Å². The number of nitrogens with one attached hydrogen (secondary N) is 1. The number of nitrogens with two attached hydrogens (primary N) is 1. The van der Waals surface area contributed by atoms with E-state index in [2.05, 4.69) is 5.43 Å². The number of carbonyl (C=O) groups is 2. The van der Waals surface area contributed by atoms with Gasteiger partial charge in [-0.2, -0.15) is 0 Å². The molecule has 0 unspecified atom stereocenters. The third kappa shape index (κ3) is 1.97. The Morgan fingerprint density at radius 1 is 1.40 bits per heavy atom. The topological polar surface area (TPSA) is 97.8 Å². The fourth-order valence-corrected chi connectivity index (χ4v) is 2.26. The number of cyclic esters (lactones) is 1. The van der Waals surface area contributed by atoms with Gasteiger partial charge in [-0.25, -0.2) is 10.6 Å². The third-order valence-corrected chi connectivity index (χ3v) is 3.23. The van der Waals surface area contributed by atoms with Crippen molar-refractivity contribution in [2.75, 3.05) is 13.2 Å². The van der Waals surface area contributed by atoms with Crippen LogP contribution in [0.15, 0.2) is 28.7 Å². The Morgan fingerprint density at radius 2 is 2.20 bits per heavy atom. The predicted octanol–water partition coefficient (Wildman–Crippen LogP) is 0.988. The highest BCUT2D eigenvalue weighted by Crippen LogP contribution is 2.27. The van der Waals surface area contributed by atoms with Crippen molar-refractivity contribution < 1.29 is 18.7 Å². The fraction of sp³-hybridized carbons (Fsp3) is 0.231. The summed E-state index contributed by atoms with van der Waals surface area (Å²) in [6.45, 7) is 1.09. The van der Waals surface area contributed by atoms with E-state index >= 15 is 0 Å². The van der Waals surface area contributed by atoms with E-state index in [1.165, 1.54) is 4.90 Å². The molecule has 1 aromatic carbocycles. The van der Waals surface area contributed by atoms with Crippen molar-refractivity contribution in [3.63, 3.8) is 0 Å². The molecule has 1 aliphatic heterocycles. The molecule has 1 aliphatic rings. The second kappa shape index (κ2) is 4.86. The van der Waals surface area contributed by atoms with Gasteiger partial charge < -0.3 is 14.1 Å². The molecule has 3 rings (SSSR count). The van der Waals surface area contributed by atoms with Crippen molar-refractivity contribution in [1.82, 2.24) is 10.3 Å². The molecule has 7 nitrogen and oxygen atoms in total. The molecular formula is C13H13N3O4. The summed E-state index contributed by atoms with van der Waals surface area (Å²) < 4.78 is 10.4. The highest BCUT2D eigenvalue weighted by atomic mass is 16.6. The number of amides is 2. The normalized spacial score (nSPS) is 14.7. The van der Waals surface area contributed by atoms with Crippen molar-refractivity contribution in [3.05, 3.63) is 35.6 Å². The van der Waals surface area contributed by atoms with Crippen molar-refractivity contribution in [2.45, 2.75) is 6.54 Å². The number of hydrazine groups is 1. The number of nitrogen functional groups attached to an aromatic ring is 1. The lowest BCUT2D eigenvalue weighted by atomic mass is 10.1. The zero-order valence-electron chi connectivity index (χ0n) is 10.6. The molecule has 0 bridgehead atoms. The maximum absolute atomic E-state index is 11.8. The first-order chi connectivity index (χ1) is 9.70. The molecular weight excluding hydrogens is 262 g/mol. The lowest BCUT2D eigenvalue weighted by Gasteiger charge is -2.12. The molecule has 104 valence electrons. The minimum atomic E-state index is -0.524. The van der Waals surface area contributed by atoms with Gasteiger partial charge in [-0.1, -0.05) is 18.2 Å². The number of ether oxygens (including phenoxy) is 1. The lowest BCUT2D eigenvalue weighted by Crippen LogP contribution is -2.31. The van der Waals surface area contributed by atoms with Crippen LogP contribution in [0.3, 0.4) is 0 Å². The van der Waals surface area contributed by atoms with E-state index in [4.69, 9.17) is 15.0 Å². The molecule has 2 amide bonds. The third-order valence-electron chi connectivity index (χ3n) is 3.23. The number of para-hydroxylation sites is 1. The predicted molar refractivity (Wildman–Crippen MR) is 69.6 cm³/mol. The number of nitrogens with zero attached hydrogens (tertiary/aromatic N) is 1. The second-order valence-corrected chi connectivity index (χ2v) is 4.42. The minimum Gasteiger partial charge on any atom is -0.450 e. The van der Waals surface area contributed by atoms with Crippen LogP contribution in [0.4, 0.5) is 4.79 Å². The second-order valence-electron chi connectivity index (χ2n) is 4.42. The van der Waals surface area contributed by atoms with Crippen LogP contribution in [-0.4, -0.2) is 30.1 Å². The SMILES string of the molecule is NNC(=O)c1oc2ccccc2c1CN1CCOC1=O.